The molecular formula is C20H20N2O3. The van der Waals surface area contributed by atoms with Crippen molar-refractivity contribution < 1.29 is 14.7 Å². The van der Waals surface area contributed by atoms with Crippen molar-refractivity contribution in [3.8, 4) is 0 Å². The van der Waals surface area contributed by atoms with E-state index in [1.807, 2.05) is 4.90 Å². The van der Waals surface area contributed by atoms with Crippen molar-refractivity contribution in [1.29, 1.82) is 0 Å². The summed E-state index contributed by atoms with van der Waals surface area (Å²) in [6, 6.07) is 9.38. The van der Waals surface area contributed by atoms with Crippen LogP contribution in [0.15, 0.2) is 30.3 Å². The molecule has 0 saturated carbocycles. The van der Waals surface area contributed by atoms with Gasteiger partial charge in [-0.05, 0) is 55.0 Å². The van der Waals surface area contributed by atoms with Gasteiger partial charge in [0.15, 0.2) is 0 Å². The highest BCUT2D eigenvalue weighted by molar-refractivity contribution is 5.94. The summed E-state index contributed by atoms with van der Waals surface area (Å²) in [7, 11) is 0. The monoisotopic (exact) mass is 336 g/mol. The zero-order valence-corrected chi connectivity index (χ0v) is 14.2. The predicted octanol–water partition coefficient (Wildman–Crippen LogP) is 3.16. The average molecular weight is 336 g/mol. The molecular weight excluding hydrogens is 316 g/mol. The van der Waals surface area contributed by atoms with Gasteiger partial charge in [-0.25, -0.2) is 9.78 Å². The molecule has 1 amide bonds. The van der Waals surface area contributed by atoms with E-state index in [1.54, 1.807) is 6.92 Å². The maximum atomic E-state index is 12.9. The minimum absolute atomic E-state index is 0.123. The van der Waals surface area contributed by atoms with E-state index in [-0.39, 0.29) is 11.5 Å². The summed E-state index contributed by atoms with van der Waals surface area (Å²) >= 11 is 0. The largest absolute Gasteiger partial charge is 0.478 e. The number of amides is 1. The number of hydrogen-bond acceptors (Lipinski definition) is 3. The number of carboxylic acid groups (broad SMARTS) is 1. The number of carbonyl (C=O) groups excluding carboxylic acids is 1. The van der Waals surface area contributed by atoms with Crippen LogP contribution in [0.1, 0.15) is 62.0 Å². The maximum absolute atomic E-state index is 12.9. The topological polar surface area (TPSA) is 70.5 Å². The standard InChI is InChI=1S/C20H20N2O3/c1-12-16(20(24)25)8-9-17(21-12)19(23)22-10-14-6-2-4-13-5-3-7-15(11-22)18(13)14/h2,4,6,8-9,15H,3,5,7,10-11H2,1H3,(H,24,25). The first-order valence-electron chi connectivity index (χ1n) is 8.65. The zero-order valence-electron chi connectivity index (χ0n) is 14.2. The van der Waals surface area contributed by atoms with Crippen LogP contribution in [0.25, 0.3) is 0 Å². The van der Waals surface area contributed by atoms with Crippen molar-refractivity contribution in [3.05, 3.63) is 64.0 Å². The highest BCUT2D eigenvalue weighted by atomic mass is 16.4. The Bertz CT molecular complexity index is 875. The van der Waals surface area contributed by atoms with E-state index in [1.165, 1.54) is 28.8 Å². The third kappa shape index (κ3) is 2.69. The first-order valence-corrected chi connectivity index (χ1v) is 8.65. The fraction of sp³-hybridized carbons (Fsp3) is 0.350. The van der Waals surface area contributed by atoms with Gasteiger partial charge in [0.1, 0.15) is 5.69 Å². The third-order valence-corrected chi connectivity index (χ3v) is 5.32. The molecule has 1 aromatic heterocycles. The Kier molecular flexibility index (Phi) is 3.79. The fourth-order valence-electron chi connectivity index (χ4n) is 4.17. The first kappa shape index (κ1) is 15.8. The number of aromatic nitrogens is 1. The molecule has 0 fully saturated rings. The van der Waals surface area contributed by atoms with Crippen LogP contribution in [-0.4, -0.2) is 33.4 Å². The van der Waals surface area contributed by atoms with Crippen LogP contribution in [0, 0.1) is 6.92 Å². The normalized spacial score (nSPS) is 18.6. The summed E-state index contributed by atoms with van der Waals surface area (Å²) in [6.07, 6.45) is 3.40. The molecule has 5 nitrogen and oxygen atoms in total. The molecule has 2 heterocycles. The maximum Gasteiger partial charge on any atom is 0.337 e. The predicted molar refractivity (Wildman–Crippen MR) is 92.8 cm³/mol. The van der Waals surface area contributed by atoms with Gasteiger partial charge in [0, 0.05) is 19.0 Å². The summed E-state index contributed by atoms with van der Waals surface area (Å²) in [5, 5.41) is 9.12. The molecule has 1 aromatic carbocycles. The number of nitrogens with zero attached hydrogens (tertiary/aromatic N) is 2. The highest BCUT2D eigenvalue weighted by Gasteiger charge is 2.32. The molecule has 1 atom stereocenters. The number of aryl methyl sites for hydroxylation is 2. The molecule has 0 radical (unpaired) electrons. The van der Waals surface area contributed by atoms with Crippen LogP contribution in [0.2, 0.25) is 0 Å². The van der Waals surface area contributed by atoms with Crippen molar-refractivity contribution in [2.75, 3.05) is 6.54 Å². The first-order chi connectivity index (χ1) is 12.0. The minimum atomic E-state index is -1.02. The summed E-state index contributed by atoms with van der Waals surface area (Å²) in [5.74, 6) is -0.746. The van der Waals surface area contributed by atoms with Crippen LogP contribution >= 0.6 is 0 Å². The van der Waals surface area contributed by atoms with E-state index >= 15 is 0 Å². The van der Waals surface area contributed by atoms with Gasteiger partial charge in [-0.2, -0.15) is 0 Å². The van der Waals surface area contributed by atoms with Crippen molar-refractivity contribution in [2.45, 2.75) is 38.6 Å². The molecule has 2 aliphatic rings. The summed E-state index contributed by atoms with van der Waals surface area (Å²) < 4.78 is 0. The molecule has 1 aliphatic heterocycles. The van der Waals surface area contributed by atoms with E-state index < -0.39 is 5.97 Å². The van der Waals surface area contributed by atoms with Gasteiger partial charge in [-0.15, -0.1) is 0 Å². The molecule has 128 valence electrons. The van der Waals surface area contributed by atoms with Gasteiger partial charge < -0.3 is 10.0 Å². The van der Waals surface area contributed by atoms with Crippen molar-refractivity contribution in [1.82, 2.24) is 9.88 Å². The Morgan fingerprint density at radius 3 is 2.76 bits per heavy atom. The Morgan fingerprint density at radius 2 is 2.00 bits per heavy atom. The molecule has 4 rings (SSSR count). The number of rotatable bonds is 2. The minimum Gasteiger partial charge on any atom is -0.478 e. The number of carboxylic acids is 1. The van der Waals surface area contributed by atoms with Crippen molar-refractivity contribution in [2.24, 2.45) is 0 Å². The SMILES string of the molecule is Cc1nc(C(=O)N2Cc3cccc4c3C(CCC4)C2)ccc1C(=O)O. The Hall–Kier alpha value is -2.69. The fourth-order valence-corrected chi connectivity index (χ4v) is 4.17. The van der Waals surface area contributed by atoms with Crippen molar-refractivity contribution in [3.63, 3.8) is 0 Å². The number of pyridine rings is 1. The van der Waals surface area contributed by atoms with Crippen LogP contribution < -0.4 is 0 Å². The van der Waals surface area contributed by atoms with Crippen LogP contribution in [0.3, 0.4) is 0 Å². The molecule has 1 N–H and O–H groups in total. The lowest BCUT2D eigenvalue weighted by molar-refractivity contribution is 0.0684. The molecule has 0 spiro atoms. The molecule has 0 saturated heterocycles. The van der Waals surface area contributed by atoms with E-state index in [0.29, 0.717) is 30.4 Å². The summed E-state index contributed by atoms with van der Waals surface area (Å²) in [4.78, 5) is 30.1. The van der Waals surface area contributed by atoms with Gasteiger partial charge in [0.05, 0.1) is 11.3 Å². The molecule has 2 aromatic rings. The molecule has 25 heavy (non-hydrogen) atoms. The second-order valence-corrected chi connectivity index (χ2v) is 6.90. The van der Waals surface area contributed by atoms with Crippen LogP contribution in [0.4, 0.5) is 0 Å². The summed E-state index contributed by atoms with van der Waals surface area (Å²) in [5.41, 5.74) is 4.94. The number of hydrogen-bond donors (Lipinski definition) is 1. The lowest BCUT2D eigenvalue weighted by Gasteiger charge is -2.38. The highest BCUT2D eigenvalue weighted by Crippen LogP contribution is 2.38. The molecule has 1 aliphatic carbocycles. The van der Waals surface area contributed by atoms with Crippen LogP contribution in [0.5, 0.6) is 0 Å². The second-order valence-electron chi connectivity index (χ2n) is 6.90. The molecule has 5 heteroatoms. The Balaban J connectivity index is 1.64. The smallest absolute Gasteiger partial charge is 0.337 e. The Labute approximate surface area is 146 Å². The van der Waals surface area contributed by atoms with Crippen molar-refractivity contribution >= 4 is 11.9 Å². The van der Waals surface area contributed by atoms with Gasteiger partial charge in [0.2, 0.25) is 0 Å². The lowest BCUT2D eigenvalue weighted by atomic mass is 9.77. The lowest BCUT2D eigenvalue weighted by Crippen LogP contribution is -2.40. The van der Waals surface area contributed by atoms with Gasteiger partial charge in [0.25, 0.3) is 5.91 Å². The number of carbonyl (C=O) groups is 2. The molecule has 0 bridgehead atoms. The van der Waals surface area contributed by atoms with E-state index in [2.05, 4.69) is 23.2 Å². The van der Waals surface area contributed by atoms with E-state index in [4.69, 9.17) is 5.11 Å². The second kappa shape index (κ2) is 5.99. The van der Waals surface area contributed by atoms with Crippen LogP contribution in [-0.2, 0) is 13.0 Å². The molecule has 1 unspecified atom stereocenters. The number of aromatic carboxylic acids is 1. The number of benzene rings is 1. The Morgan fingerprint density at radius 1 is 1.20 bits per heavy atom. The van der Waals surface area contributed by atoms with Gasteiger partial charge >= 0.3 is 5.97 Å². The van der Waals surface area contributed by atoms with E-state index in [0.717, 1.165) is 19.3 Å². The van der Waals surface area contributed by atoms with E-state index in [9.17, 15) is 9.59 Å². The zero-order chi connectivity index (χ0) is 17.6. The summed E-state index contributed by atoms with van der Waals surface area (Å²) in [6.45, 7) is 2.93. The van der Waals surface area contributed by atoms with Gasteiger partial charge in [-0.1, -0.05) is 18.2 Å². The quantitative estimate of drug-likeness (QED) is 0.914. The third-order valence-electron chi connectivity index (χ3n) is 5.32. The van der Waals surface area contributed by atoms with Gasteiger partial charge in [-0.3, -0.25) is 4.79 Å². The average Bonchev–Trinajstić information content (AvgIpc) is 2.61.